The van der Waals surface area contributed by atoms with Crippen LogP contribution in [0.25, 0.3) is 0 Å². The van der Waals surface area contributed by atoms with Gasteiger partial charge in [0, 0.05) is 10.0 Å². The molecule has 0 radical (unpaired) electrons. The highest BCUT2D eigenvalue weighted by molar-refractivity contribution is 7.99. The second-order valence-corrected chi connectivity index (χ2v) is 7.14. The Hall–Kier alpha value is -2.45. The number of carbonyl (C=O) groups is 1. The number of H-pyrrole nitrogens is 1. The number of nitrogens with zero attached hydrogens (tertiary/aromatic N) is 2. The molecule has 1 aromatic carbocycles. The average Bonchev–Trinajstić information content (AvgIpc) is 2.59. The molecule has 1 atom stereocenters. The van der Waals surface area contributed by atoms with Gasteiger partial charge in [0.2, 0.25) is 5.91 Å². The minimum atomic E-state index is -0.307. The maximum Gasteiger partial charge on any atom is 0.289 e. The summed E-state index contributed by atoms with van der Waals surface area (Å²) in [6.07, 6.45) is 0. The molecule has 2 rings (SSSR count). The molecule has 132 valence electrons. The highest BCUT2D eigenvalue weighted by Crippen LogP contribution is 2.26. The van der Waals surface area contributed by atoms with Gasteiger partial charge in [-0.15, -0.1) is 0 Å². The van der Waals surface area contributed by atoms with Gasteiger partial charge in [-0.2, -0.15) is 10.5 Å². The van der Waals surface area contributed by atoms with Crippen LogP contribution in [0, 0.1) is 22.7 Å². The summed E-state index contributed by atoms with van der Waals surface area (Å²) >= 11 is 13.1. The summed E-state index contributed by atoms with van der Waals surface area (Å²) < 4.78 is 0. The number of pyridine rings is 1. The number of thioether (sulfide) groups is 1. The molecule has 0 fully saturated rings. The zero-order valence-electron chi connectivity index (χ0n) is 13.6. The first-order chi connectivity index (χ1) is 12.3. The molecule has 0 aliphatic carbocycles. The van der Waals surface area contributed by atoms with Gasteiger partial charge < -0.3 is 5.32 Å². The predicted octanol–water partition coefficient (Wildman–Crippen LogP) is 3.10. The monoisotopic (exact) mass is 406 g/mol. The average molecular weight is 407 g/mol. The standard InChI is InChI=1S/C17H13Cl2N5OS/c1-9(13-3-2-12(18)5-14(13)19)23-15(25)8-26-17-11(7-21)4-10(6-20)16(22)24-17/h2-5,9H,8H2,1H3,(H2,22,24)(H,23,25)/p+1/t9-/m0/s1. The van der Waals surface area contributed by atoms with Gasteiger partial charge in [-0.1, -0.05) is 41.0 Å². The molecule has 1 heterocycles. The summed E-state index contributed by atoms with van der Waals surface area (Å²) in [6.45, 7) is 1.81. The lowest BCUT2D eigenvalue weighted by molar-refractivity contribution is -0.410. The smallest absolute Gasteiger partial charge is 0.289 e. The number of nitrogens with one attached hydrogen (secondary N) is 2. The van der Waals surface area contributed by atoms with Gasteiger partial charge in [-0.25, -0.2) is 4.98 Å². The lowest BCUT2D eigenvalue weighted by Crippen LogP contribution is -2.29. The van der Waals surface area contributed by atoms with Crippen LogP contribution in [0.1, 0.15) is 29.7 Å². The second kappa shape index (κ2) is 8.77. The van der Waals surface area contributed by atoms with Crippen molar-refractivity contribution in [3.63, 3.8) is 0 Å². The molecule has 26 heavy (non-hydrogen) atoms. The van der Waals surface area contributed by atoms with Crippen LogP contribution in [0.3, 0.4) is 0 Å². The predicted molar refractivity (Wildman–Crippen MR) is 101 cm³/mol. The van der Waals surface area contributed by atoms with Crippen LogP contribution in [-0.4, -0.2) is 11.7 Å². The Kier molecular flexibility index (Phi) is 6.70. The number of hydrogen-bond donors (Lipinski definition) is 2. The van der Waals surface area contributed by atoms with Gasteiger partial charge >= 0.3 is 0 Å². The molecule has 1 aromatic heterocycles. The molecule has 0 aliphatic heterocycles. The molecule has 2 aromatic rings. The first kappa shape index (κ1) is 19.9. The minimum absolute atomic E-state index is 0.0616. The van der Waals surface area contributed by atoms with E-state index in [1.54, 1.807) is 18.2 Å². The SMILES string of the molecule is C[C@H](NC(=O)CSc1[nH+]c(N)c(C#N)cc1C#N)c1ccc(Cl)cc1Cl. The number of aromatic amines is 1. The second-order valence-electron chi connectivity index (χ2n) is 5.31. The van der Waals surface area contributed by atoms with Crippen LogP contribution < -0.4 is 16.0 Å². The van der Waals surface area contributed by atoms with Crippen LogP contribution in [0.2, 0.25) is 10.0 Å². The first-order valence-electron chi connectivity index (χ1n) is 7.38. The Balaban J connectivity index is 2.04. The van der Waals surface area contributed by atoms with E-state index in [1.807, 2.05) is 19.1 Å². The topological polar surface area (TPSA) is 117 Å². The van der Waals surface area contributed by atoms with Crippen molar-refractivity contribution < 1.29 is 9.78 Å². The lowest BCUT2D eigenvalue weighted by atomic mass is 10.1. The van der Waals surface area contributed by atoms with Crippen LogP contribution >= 0.6 is 35.0 Å². The van der Waals surface area contributed by atoms with Crippen molar-refractivity contribution in [1.82, 2.24) is 5.32 Å². The van der Waals surface area contributed by atoms with E-state index in [1.165, 1.54) is 6.07 Å². The van der Waals surface area contributed by atoms with Crippen LogP contribution in [-0.2, 0) is 4.79 Å². The molecular formula is C17H14Cl2N5OS+. The number of rotatable bonds is 5. The molecule has 0 aliphatic rings. The largest absolute Gasteiger partial charge is 0.349 e. The third kappa shape index (κ3) is 4.80. The summed E-state index contributed by atoms with van der Waals surface area (Å²) in [7, 11) is 0. The summed E-state index contributed by atoms with van der Waals surface area (Å²) in [5.41, 5.74) is 6.91. The van der Waals surface area contributed by atoms with E-state index >= 15 is 0 Å². The molecule has 0 saturated carbocycles. The van der Waals surface area contributed by atoms with Gasteiger partial charge in [0.05, 0.1) is 11.8 Å². The minimum Gasteiger partial charge on any atom is -0.349 e. The molecule has 4 N–H and O–H groups in total. The van der Waals surface area contributed by atoms with E-state index in [4.69, 9.17) is 34.2 Å². The van der Waals surface area contributed by atoms with Crippen LogP contribution in [0.5, 0.6) is 0 Å². The van der Waals surface area contributed by atoms with E-state index < -0.39 is 0 Å². The number of halogens is 2. The fourth-order valence-corrected chi connectivity index (χ4v) is 3.56. The fraction of sp³-hybridized carbons (Fsp3) is 0.176. The zero-order chi connectivity index (χ0) is 19.3. The van der Waals surface area contributed by atoms with Crippen molar-refractivity contribution >= 4 is 46.7 Å². The summed E-state index contributed by atoms with van der Waals surface area (Å²) in [5, 5.41) is 22.4. The number of carbonyl (C=O) groups excluding carboxylic acids is 1. The van der Waals surface area contributed by atoms with E-state index in [2.05, 4.69) is 10.3 Å². The number of nitrogen functional groups attached to an aromatic ring is 1. The summed E-state index contributed by atoms with van der Waals surface area (Å²) in [5.74, 6) is -0.0315. The van der Waals surface area contributed by atoms with Crippen molar-refractivity contribution in [1.29, 1.82) is 10.5 Å². The maximum atomic E-state index is 12.2. The number of nitrogens with two attached hydrogens (primary N) is 1. The molecule has 0 saturated heterocycles. The number of hydrogen-bond acceptors (Lipinski definition) is 5. The van der Waals surface area contributed by atoms with Gasteiger partial charge in [0.15, 0.2) is 5.03 Å². The Bertz CT molecular complexity index is 936. The van der Waals surface area contributed by atoms with E-state index in [-0.39, 0.29) is 34.6 Å². The van der Waals surface area contributed by atoms with Gasteiger partial charge in [-0.3, -0.25) is 10.5 Å². The Labute approximate surface area is 164 Å². The molecule has 0 bridgehead atoms. The molecule has 0 spiro atoms. The highest BCUT2D eigenvalue weighted by atomic mass is 35.5. The number of benzene rings is 1. The third-order valence-electron chi connectivity index (χ3n) is 3.47. The Morgan fingerprint density at radius 2 is 2.00 bits per heavy atom. The van der Waals surface area contributed by atoms with Gasteiger partial charge in [0.25, 0.3) is 5.82 Å². The van der Waals surface area contributed by atoms with Gasteiger partial charge in [0.1, 0.15) is 23.3 Å². The highest BCUT2D eigenvalue weighted by Gasteiger charge is 2.17. The van der Waals surface area contributed by atoms with E-state index in [0.717, 1.165) is 17.3 Å². The molecule has 1 amide bonds. The quantitative estimate of drug-likeness (QED) is 0.739. The number of aromatic nitrogens is 1. The van der Waals surface area contributed by atoms with Crippen molar-refractivity contribution in [2.45, 2.75) is 18.0 Å². The van der Waals surface area contributed by atoms with Gasteiger partial charge in [-0.05, 0) is 30.7 Å². The van der Waals surface area contributed by atoms with Crippen molar-refractivity contribution in [2.75, 3.05) is 11.5 Å². The summed E-state index contributed by atoms with van der Waals surface area (Å²) in [6, 6.07) is 10.0. The van der Waals surface area contributed by atoms with Crippen molar-refractivity contribution in [2.24, 2.45) is 0 Å². The fourth-order valence-electron chi connectivity index (χ4n) is 2.19. The van der Waals surface area contributed by atoms with Crippen LogP contribution in [0.4, 0.5) is 5.82 Å². The maximum absolute atomic E-state index is 12.2. The zero-order valence-corrected chi connectivity index (χ0v) is 16.0. The molecule has 6 nitrogen and oxygen atoms in total. The first-order valence-corrected chi connectivity index (χ1v) is 9.13. The molecule has 9 heteroatoms. The van der Waals surface area contributed by atoms with E-state index in [0.29, 0.717) is 15.1 Å². The van der Waals surface area contributed by atoms with E-state index in [9.17, 15) is 10.1 Å². The van der Waals surface area contributed by atoms with Crippen LogP contribution in [0.15, 0.2) is 29.3 Å². The lowest BCUT2D eigenvalue weighted by Gasteiger charge is -2.15. The Morgan fingerprint density at radius 1 is 1.31 bits per heavy atom. The van der Waals surface area contributed by atoms with Crippen molar-refractivity contribution in [3.8, 4) is 12.1 Å². The Morgan fingerprint density at radius 3 is 2.62 bits per heavy atom. The molecule has 0 unspecified atom stereocenters. The number of anilines is 1. The summed E-state index contributed by atoms with van der Waals surface area (Å²) in [4.78, 5) is 15.0. The van der Waals surface area contributed by atoms with Crippen molar-refractivity contribution in [3.05, 3.63) is 51.0 Å². The number of nitriles is 2. The third-order valence-corrected chi connectivity index (χ3v) is 5.05. The molecular weight excluding hydrogens is 393 g/mol. The number of amides is 1. The normalized spacial score (nSPS) is 11.3.